The van der Waals surface area contributed by atoms with Gasteiger partial charge in [0.2, 0.25) is 0 Å². The summed E-state index contributed by atoms with van der Waals surface area (Å²) in [6.07, 6.45) is 0.805. The van der Waals surface area contributed by atoms with Crippen LogP contribution < -0.4 is 0 Å². The molecule has 1 aromatic rings. The van der Waals surface area contributed by atoms with Gasteiger partial charge in [0, 0.05) is 10.7 Å². The van der Waals surface area contributed by atoms with Crippen molar-refractivity contribution in [2.24, 2.45) is 0 Å². The molecule has 0 aliphatic carbocycles. The molecular weight excluding hydrogens is 235 g/mol. The Labute approximate surface area is 107 Å². The van der Waals surface area contributed by atoms with E-state index < -0.39 is 0 Å². The minimum Gasteiger partial charge on any atom is -0.396 e. The summed E-state index contributed by atoms with van der Waals surface area (Å²) in [5.74, 6) is 0.627. The minimum absolute atomic E-state index is 0.00559. The highest BCUT2D eigenvalue weighted by Gasteiger charge is 2.16. The fourth-order valence-electron chi connectivity index (χ4n) is 1.66. The Bertz CT molecular complexity index is 346. The number of rotatable bonds is 5. The van der Waals surface area contributed by atoms with Gasteiger partial charge in [-0.15, -0.1) is 0 Å². The van der Waals surface area contributed by atoms with Crippen molar-refractivity contribution in [3.05, 3.63) is 35.6 Å². The molecule has 1 N–H and O–H groups in total. The first-order valence-corrected chi connectivity index (χ1v) is 6.92. The third-order valence-corrected chi connectivity index (χ3v) is 3.87. The van der Waals surface area contributed by atoms with E-state index in [-0.39, 0.29) is 23.1 Å². The Morgan fingerprint density at radius 1 is 1.29 bits per heavy atom. The van der Waals surface area contributed by atoms with E-state index in [1.165, 1.54) is 6.07 Å². The Morgan fingerprint density at radius 3 is 2.47 bits per heavy atom. The maximum absolute atomic E-state index is 13.6. The van der Waals surface area contributed by atoms with Crippen molar-refractivity contribution in [1.29, 1.82) is 0 Å². The van der Waals surface area contributed by atoms with E-state index in [2.05, 4.69) is 20.8 Å². The molecule has 96 valence electrons. The lowest BCUT2D eigenvalue weighted by molar-refractivity contribution is 0.260. The zero-order chi connectivity index (χ0) is 12.9. The van der Waals surface area contributed by atoms with Crippen LogP contribution in [0.1, 0.15) is 38.7 Å². The number of aliphatic hydroxyl groups is 1. The van der Waals surface area contributed by atoms with Gasteiger partial charge in [-0.3, -0.25) is 0 Å². The molecule has 0 aromatic heterocycles. The van der Waals surface area contributed by atoms with Crippen molar-refractivity contribution in [1.82, 2.24) is 0 Å². The second-order valence-corrected chi connectivity index (χ2v) is 7.07. The molecule has 0 amide bonds. The molecule has 0 aliphatic heterocycles. The highest BCUT2D eigenvalue weighted by Crippen LogP contribution is 2.28. The normalized spacial score (nSPS) is 13.7. The molecule has 0 aliphatic rings. The smallest absolute Gasteiger partial charge is 0.126 e. The molecule has 0 saturated heterocycles. The molecule has 17 heavy (non-hydrogen) atoms. The second-order valence-electron chi connectivity index (χ2n) is 5.15. The van der Waals surface area contributed by atoms with Crippen LogP contribution in [0.25, 0.3) is 0 Å². The number of thioether (sulfide) groups is 1. The molecule has 1 unspecified atom stereocenters. The van der Waals surface area contributed by atoms with Gasteiger partial charge in [-0.2, -0.15) is 11.8 Å². The molecule has 3 heteroatoms. The van der Waals surface area contributed by atoms with Crippen LogP contribution in [0.5, 0.6) is 0 Å². The molecule has 0 fully saturated rings. The van der Waals surface area contributed by atoms with Crippen LogP contribution in [0.4, 0.5) is 4.39 Å². The quantitative estimate of drug-likeness (QED) is 0.864. The van der Waals surface area contributed by atoms with E-state index in [9.17, 15) is 9.50 Å². The first-order valence-electron chi connectivity index (χ1n) is 5.93. The first-order chi connectivity index (χ1) is 7.94. The third kappa shape index (κ3) is 5.09. The maximum Gasteiger partial charge on any atom is 0.126 e. The van der Waals surface area contributed by atoms with Gasteiger partial charge in [-0.25, -0.2) is 4.39 Å². The van der Waals surface area contributed by atoms with Gasteiger partial charge in [0.1, 0.15) is 5.82 Å². The van der Waals surface area contributed by atoms with Crippen molar-refractivity contribution >= 4 is 11.8 Å². The SMILES string of the molecule is CC(C)(C)SCCC(CO)c1ccccc1F. The fraction of sp³-hybridized carbons (Fsp3) is 0.571. The summed E-state index contributed by atoms with van der Waals surface area (Å²) in [6.45, 7) is 6.49. The van der Waals surface area contributed by atoms with Crippen molar-refractivity contribution in [2.45, 2.75) is 37.9 Å². The molecule has 1 nitrogen and oxygen atoms in total. The van der Waals surface area contributed by atoms with Crippen LogP contribution in [0.3, 0.4) is 0 Å². The Morgan fingerprint density at radius 2 is 1.94 bits per heavy atom. The molecule has 1 aromatic carbocycles. The Balaban J connectivity index is 2.58. The summed E-state index contributed by atoms with van der Waals surface area (Å²) in [7, 11) is 0. The van der Waals surface area contributed by atoms with Gasteiger partial charge in [0.05, 0.1) is 6.61 Å². The standard InChI is InChI=1S/C14H21FOS/c1-14(2,3)17-9-8-11(10-16)12-6-4-5-7-13(12)15/h4-7,11,16H,8-10H2,1-3H3. The lowest BCUT2D eigenvalue weighted by Gasteiger charge is -2.20. The van der Waals surface area contributed by atoms with Crippen molar-refractivity contribution in [3.63, 3.8) is 0 Å². The Kier molecular flexibility index (Phi) is 5.47. The lowest BCUT2D eigenvalue weighted by Crippen LogP contribution is -2.12. The molecule has 1 rings (SSSR count). The molecule has 0 heterocycles. The topological polar surface area (TPSA) is 20.2 Å². The van der Waals surface area contributed by atoms with Gasteiger partial charge in [-0.1, -0.05) is 39.0 Å². The van der Waals surface area contributed by atoms with E-state index in [0.717, 1.165) is 12.2 Å². The predicted molar refractivity (Wildman–Crippen MR) is 73.1 cm³/mol. The van der Waals surface area contributed by atoms with Crippen LogP contribution >= 0.6 is 11.8 Å². The van der Waals surface area contributed by atoms with Gasteiger partial charge in [0.15, 0.2) is 0 Å². The average Bonchev–Trinajstić information content (AvgIpc) is 2.24. The van der Waals surface area contributed by atoms with E-state index >= 15 is 0 Å². The highest BCUT2D eigenvalue weighted by molar-refractivity contribution is 8.00. The Hall–Kier alpha value is -0.540. The number of hydrogen-bond donors (Lipinski definition) is 1. The van der Waals surface area contributed by atoms with Crippen molar-refractivity contribution in [2.75, 3.05) is 12.4 Å². The third-order valence-electron chi connectivity index (χ3n) is 2.57. The highest BCUT2D eigenvalue weighted by atomic mass is 32.2. The maximum atomic E-state index is 13.6. The molecule has 1 atom stereocenters. The zero-order valence-electron chi connectivity index (χ0n) is 10.7. The van der Waals surface area contributed by atoms with Gasteiger partial charge >= 0.3 is 0 Å². The monoisotopic (exact) mass is 256 g/mol. The largest absolute Gasteiger partial charge is 0.396 e. The van der Waals surface area contributed by atoms with E-state index in [0.29, 0.717) is 5.56 Å². The second kappa shape index (κ2) is 6.41. The number of hydrogen-bond acceptors (Lipinski definition) is 2. The van der Waals surface area contributed by atoms with Gasteiger partial charge in [0.25, 0.3) is 0 Å². The molecular formula is C14H21FOS. The summed E-state index contributed by atoms with van der Waals surface area (Å²) < 4.78 is 13.8. The number of halogens is 1. The van der Waals surface area contributed by atoms with Crippen LogP contribution in [-0.2, 0) is 0 Å². The average molecular weight is 256 g/mol. The fourth-order valence-corrected chi connectivity index (χ4v) is 2.67. The van der Waals surface area contributed by atoms with Gasteiger partial charge < -0.3 is 5.11 Å². The van der Waals surface area contributed by atoms with E-state index in [1.807, 2.05) is 17.8 Å². The van der Waals surface area contributed by atoms with Crippen LogP contribution in [-0.4, -0.2) is 22.2 Å². The van der Waals surface area contributed by atoms with Gasteiger partial charge in [-0.05, 0) is 23.8 Å². The molecule has 0 bridgehead atoms. The predicted octanol–water partition coefficient (Wildman–Crippen LogP) is 3.82. The van der Waals surface area contributed by atoms with Crippen LogP contribution in [0, 0.1) is 5.82 Å². The lowest BCUT2D eigenvalue weighted by atomic mass is 9.97. The van der Waals surface area contributed by atoms with Crippen LogP contribution in [0.2, 0.25) is 0 Å². The van der Waals surface area contributed by atoms with Crippen molar-refractivity contribution < 1.29 is 9.50 Å². The summed E-state index contributed by atoms with van der Waals surface area (Å²) >= 11 is 1.84. The van der Waals surface area contributed by atoms with Crippen LogP contribution in [0.15, 0.2) is 24.3 Å². The zero-order valence-corrected chi connectivity index (χ0v) is 11.6. The molecule has 0 saturated carbocycles. The summed E-state index contributed by atoms with van der Waals surface area (Å²) in [4.78, 5) is 0. The summed E-state index contributed by atoms with van der Waals surface area (Å²) in [5, 5.41) is 9.36. The summed E-state index contributed by atoms with van der Waals surface area (Å²) in [5.41, 5.74) is 0.629. The summed E-state index contributed by atoms with van der Waals surface area (Å²) in [6, 6.07) is 6.71. The first kappa shape index (κ1) is 14.5. The molecule has 0 spiro atoms. The number of aliphatic hydroxyl groups excluding tert-OH is 1. The minimum atomic E-state index is -0.215. The number of benzene rings is 1. The van der Waals surface area contributed by atoms with E-state index in [4.69, 9.17) is 0 Å². The van der Waals surface area contributed by atoms with Crippen molar-refractivity contribution in [3.8, 4) is 0 Å². The van der Waals surface area contributed by atoms with E-state index in [1.54, 1.807) is 12.1 Å². The molecule has 0 radical (unpaired) electrons.